The molecule has 0 aromatic rings. The Bertz CT molecular complexity index is 334. The predicted molar refractivity (Wildman–Crippen MR) is 77.3 cm³/mol. The number of piperidine rings is 1. The predicted octanol–water partition coefficient (Wildman–Crippen LogP) is -0.591. The highest BCUT2D eigenvalue weighted by molar-refractivity contribution is 5.82. The Kier molecular flexibility index (Phi) is 5.79. The third kappa shape index (κ3) is 4.18. The number of hydrogen-bond donors (Lipinski definition) is 2. The molecule has 2 aliphatic heterocycles. The van der Waals surface area contributed by atoms with Gasteiger partial charge in [-0.2, -0.15) is 0 Å². The van der Waals surface area contributed by atoms with Crippen molar-refractivity contribution >= 4 is 11.8 Å². The second kappa shape index (κ2) is 7.59. The Hall–Kier alpha value is -1.14. The van der Waals surface area contributed by atoms with Gasteiger partial charge in [-0.15, -0.1) is 0 Å². The zero-order valence-corrected chi connectivity index (χ0v) is 12.4. The van der Waals surface area contributed by atoms with E-state index in [9.17, 15) is 9.59 Å². The number of carbonyl (C=O) groups is 2. The van der Waals surface area contributed by atoms with Crippen molar-refractivity contribution in [3.05, 3.63) is 0 Å². The van der Waals surface area contributed by atoms with Crippen LogP contribution in [0.2, 0.25) is 0 Å². The van der Waals surface area contributed by atoms with E-state index < -0.39 is 0 Å². The molecule has 2 rings (SSSR count). The van der Waals surface area contributed by atoms with Gasteiger partial charge in [0.1, 0.15) is 0 Å². The number of carbonyl (C=O) groups excluding carboxylic acids is 2. The van der Waals surface area contributed by atoms with E-state index in [4.69, 9.17) is 0 Å². The zero-order valence-electron chi connectivity index (χ0n) is 12.4. The van der Waals surface area contributed by atoms with Crippen LogP contribution in [0.3, 0.4) is 0 Å². The van der Waals surface area contributed by atoms with Crippen LogP contribution in [0.5, 0.6) is 0 Å². The minimum Gasteiger partial charge on any atom is -0.355 e. The molecule has 2 N–H and O–H groups in total. The van der Waals surface area contributed by atoms with Crippen molar-refractivity contribution in [2.75, 3.05) is 45.8 Å². The molecule has 6 heteroatoms. The number of amides is 2. The summed E-state index contributed by atoms with van der Waals surface area (Å²) in [7, 11) is 0. The van der Waals surface area contributed by atoms with Crippen LogP contribution in [0.1, 0.15) is 26.2 Å². The Morgan fingerprint density at radius 3 is 2.55 bits per heavy atom. The molecule has 0 aliphatic carbocycles. The van der Waals surface area contributed by atoms with Gasteiger partial charge in [-0.3, -0.25) is 14.5 Å². The summed E-state index contributed by atoms with van der Waals surface area (Å²) in [5, 5.41) is 6.11. The van der Waals surface area contributed by atoms with Gasteiger partial charge in [-0.1, -0.05) is 6.42 Å². The van der Waals surface area contributed by atoms with Crippen molar-refractivity contribution in [1.82, 2.24) is 20.4 Å². The molecule has 1 atom stereocenters. The quantitative estimate of drug-likeness (QED) is 0.723. The van der Waals surface area contributed by atoms with E-state index in [1.165, 1.54) is 6.42 Å². The maximum absolute atomic E-state index is 12.4. The molecule has 2 heterocycles. The van der Waals surface area contributed by atoms with E-state index in [1.807, 2.05) is 11.8 Å². The van der Waals surface area contributed by atoms with Crippen molar-refractivity contribution < 1.29 is 9.59 Å². The first-order valence-corrected chi connectivity index (χ1v) is 7.72. The lowest BCUT2D eigenvalue weighted by atomic mass is 10.0. The lowest BCUT2D eigenvalue weighted by molar-refractivity contribution is -0.136. The summed E-state index contributed by atoms with van der Waals surface area (Å²) < 4.78 is 0. The summed E-state index contributed by atoms with van der Waals surface area (Å²) in [5.74, 6) is 0.309. The summed E-state index contributed by atoms with van der Waals surface area (Å²) >= 11 is 0. The molecule has 2 amide bonds. The van der Waals surface area contributed by atoms with E-state index in [0.717, 1.165) is 45.6 Å². The maximum Gasteiger partial charge on any atom is 0.239 e. The van der Waals surface area contributed by atoms with Crippen molar-refractivity contribution in [1.29, 1.82) is 0 Å². The van der Waals surface area contributed by atoms with Gasteiger partial charge in [0.25, 0.3) is 0 Å². The number of piperazine rings is 1. The Morgan fingerprint density at radius 2 is 1.95 bits per heavy atom. The third-order valence-corrected chi connectivity index (χ3v) is 4.03. The topological polar surface area (TPSA) is 64.7 Å². The van der Waals surface area contributed by atoms with E-state index in [-0.39, 0.29) is 17.9 Å². The Labute approximate surface area is 120 Å². The van der Waals surface area contributed by atoms with Crippen LogP contribution < -0.4 is 10.6 Å². The molecule has 0 radical (unpaired) electrons. The van der Waals surface area contributed by atoms with E-state index in [0.29, 0.717) is 13.1 Å². The second-order valence-electron chi connectivity index (χ2n) is 5.56. The fourth-order valence-corrected chi connectivity index (χ4v) is 2.87. The number of rotatable bonds is 4. The molecule has 2 aliphatic rings. The van der Waals surface area contributed by atoms with Crippen molar-refractivity contribution in [2.24, 2.45) is 0 Å². The van der Waals surface area contributed by atoms with Crippen molar-refractivity contribution in [3.8, 4) is 0 Å². The van der Waals surface area contributed by atoms with Gasteiger partial charge in [0, 0.05) is 32.7 Å². The van der Waals surface area contributed by atoms with E-state index in [2.05, 4.69) is 15.5 Å². The van der Waals surface area contributed by atoms with Crippen molar-refractivity contribution in [3.63, 3.8) is 0 Å². The average molecular weight is 282 g/mol. The number of hydrogen-bond acceptors (Lipinski definition) is 4. The van der Waals surface area contributed by atoms with E-state index >= 15 is 0 Å². The van der Waals surface area contributed by atoms with Crippen LogP contribution >= 0.6 is 0 Å². The fraction of sp³-hybridized carbons (Fsp3) is 0.857. The first kappa shape index (κ1) is 15.3. The highest BCUT2D eigenvalue weighted by atomic mass is 16.2. The molecule has 6 nitrogen and oxygen atoms in total. The van der Waals surface area contributed by atoms with Gasteiger partial charge < -0.3 is 15.5 Å². The largest absolute Gasteiger partial charge is 0.355 e. The number of nitrogens with zero attached hydrogens (tertiary/aromatic N) is 2. The molecule has 2 saturated heterocycles. The molecular weight excluding hydrogens is 256 g/mol. The van der Waals surface area contributed by atoms with Gasteiger partial charge >= 0.3 is 0 Å². The first-order chi connectivity index (χ1) is 9.70. The smallest absolute Gasteiger partial charge is 0.239 e. The Balaban J connectivity index is 1.73. The molecule has 0 aromatic heterocycles. The standard InChI is InChI=1S/C14H26N4O2/c1-2-15-13(19)11-17-7-9-18(10-8-17)14(20)12-5-3-4-6-16-12/h12,16H,2-11H2,1H3,(H,15,19)/t12-/m1/s1. The Morgan fingerprint density at radius 1 is 1.20 bits per heavy atom. The first-order valence-electron chi connectivity index (χ1n) is 7.72. The summed E-state index contributed by atoms with van der Waals surface area (Å²) in [6.45, 7) is 7.03. The fourth-order valence-electron chi connectivity index (χ4n) is 2.87. The van der Waals surface area contributed by atoms with Gasteiger partial charge in [-0.05, 0) is 26.3 Å². The monoisotopic (exact) mass is 282 g/mol. The molecule has 0 bridgehead atoms. The molecule has 0 saturated carbocycles. The highest BCUT2D eigenvalue weighted by Gasteiger charge is 2.28. The van der Waals surface area contributed by atoms with Crippen LogP contribution in [-0.2, 0) is 9.59 Å². The van der Waals surface area contributed by atoms with Gasteiger partial charge in [-0.25, -0.2) is 0 Å². The minimum atomic E-state index is 0.0127. The van der Waals surface area contributed by atoms with Crippen LogP contribution in [0.25, 0.3) is 0 Å². The van der Waals surface area contributed by atoms with Crippen LogP contribution in [0.15, 0.2) is 0 Å². The maximum atomic E-state index is 12.4. The molecule has 0 unspecified atom stereocenters. The minimum absolute atomic E-state index is 0.0127. The lowest BCUT2D eigenvalue weighted by Crippen LogP contribution is -2.56. The molecule has 0 aromatic carbocycles. The summed E-state index contributed by atoms with van der Waals surface area (Å²) in [5.41, 5.74) is 0. The number of nitrogens with one attached hydrogen (secondary N) is 2. The molecule has 20 heavy (non-hydrogen) atoms. The van der Waals surface area contributed by atoms with Gasteiger partial charge in [0.2, 0.25) is 11.8 Å². The molecule has 0 spiro atoms. The highest BCUT2D eigenvalue weighted by Crippen LogP contribution is 2.11. The third-order valence-electron chi connectivity index (χ3n) is 4.03. The molecular formula is C14H26N4O2. The van der Waals surface area contributed by atoms with E-state index in [1.54, 1.807) is 0 Å². The van der Waals surface area contributed by atoms with Gasteiger partial charge in [0.15, 0.2) is 0 Å². The molecule has 2 fully saturated rings. The van der Waals surface area contributed by atoms with Gasteiger partial charge in [0.05, 0.1) is 12.6 Å². The zero-order chi connectivity index (χ0) is 14.4. The lowest BCUT2D eigenvalue weighted by Gasteiger charge is -2.37. The SMILES string of the molecule is CCNC(=O)CN1CCN(C(=O)[C@H]2CCCCN2)CC1. The molecule has 114 valence electrons. The second-order valence-corrected chi connectivity index (χ2v) is 5.56. The van der Waals surface area contributed by atoms with Crippen LogP contribution in [0.4, 0.5) is 0 Å². The normalized spacial score (nSPS) is 24.4. The summed E-state index contributed by atoms with van der Waals surface area (Å²) in [4.78, 5) is 27.9. The number of likely N-dealkylation sites (N-methyl/N-ethyl adjacent to an activating group) is 1. The van der Waals surface area contributed by atoms with Crippen LogP contribution in [-0.4, -0.2) is 73.5 Å². The van der Waals surface area contributed by atoms with Crippen molar-refractivity contribution in [2.45, 2.75) is 32.2 Å². The summed E-state index contributed by atoms with van der Waals surface area (Å²) in [6, 6.07) is 0.0127. The van der Waals surface area contributed by atoms with Crippen LogP contribution in [0, 0.1) is 0 Å². The summed E-state index contributed by atoms with van der Waals surface area (Å²) in [6.07, 6.45) is 3.27. The average Bonchev–Trinajstić information content (AvgIpc) is 2.48.